The first-order chi connectivity index (χ1) is 13.7. The summed E-state index contributed by atoms with van der Waals surface area (Å²) in [4.78, 5) is 1.17. The summed E-state index contributed by atoms with van der Waals surface area (Å²) >= 11 is 1.67. The lowest BCUT2D eigenvalue weighted by atomic mass is 10.00. The van der Waals surface area contributed by atoms with Crippen molar-refractivity contribution in [2.75, 3.05) is 13.7 Å². The summed E-state index contributed by atoms with van der Waals surface area (Å²) in [6.07, 6.45) is 0.801. The molecule has 28 heavy (non-hydrogen) atoms. The van der Waals surface area contributed by atoms with Crippen LogP contribution in [0.15, 0.2) is 53.9 Å². The van der Waals surface area contributed by atoms with E-state index < -0.39 is 0 Å². The maximum Gasteiger partial charge on any atom is 0.161 e. The summed E-state index contributed by atoms with van der Waals surface area (Å²) < 4.78 is 30.7. The Bertz CT molecular complexity index is 930. The smallest absolute Gasteiger partial charge is 0.161 e. The van der Waals surface area contributed by atoms with E-state index in [2.05, 4.69) is 5.32 Å². The summed E-state index contributed by atoms with van der Waals surface area (Å²) in [6, 6.07) is 14.7. The Hall–Kier alpha value is -2.57. The molecular formula is C22H22FNO3S. The number of nitrogens with one attached hydrogen (secondary N) is 1. The molecule has 1 aromatic heterocycles. The molecule has 6 heteroatoms. The fourth-order valence-corrected chi connectivity index (χ4v) is 3.92. The molecule has 0 bridgehead atoms. The van der Waals surface area contributed by atoms with Crippen molar-refractivity contribution in [1.29, 1.82) is 0 Å². The minimum Gasteiger partial charge on any atom is -0.493 e. The summed E-state index contributed by atoms with van der Waals surface area (Å²) in [6.45, 7) is 1.79. The fourth-order valence-electron chi connectivity index (χ4n) is 3.30. The summed E-state index contributed by atoms with van der Waals surface area (Å²) in [5.41, 5.74) is 1.94. The molecule has 0 aliphatic carbocycles. The van der Waals surface area contributed by atoms with Crippen LogP contribution in [0, 0.1) is 5.82 Å². The van der Waals surface area contributed by atoms with Crippen molar-refractivity contribution in [3.05, 3.63) is 75.7 Å². The van der Waals surface area contributed by atoms with Crippen LogP contribution >= 0.6 is 11.3 Å². The monoisotopic (exact) mass is 399 g/mol. The lowest BCUT2D eigenvalue weighted by Gasteiger charge is -2.27. The van der Waals surface area contributed by atoms with E-state index in [9.17, 15) is 4.39 Å². The van der Waals surface area contributed by atoms with Crippen molar-refractivity contribution in [3.63, 3.8) is 0 Å². The molecule has 1 atom stereocenters. The van der Waals surface area contributed by atoms with Gasteiger partial charge in [-0.3, -0.25) is 0 Å². The van der Waals surface area contributed by atoms with Crippen molar-refractivity contribution in [2.45, 2.75) is 25.6 Å². The zero-order chi connectivity index (χ0) is 19.3. The van der Waals surface area contributed by atoms with Gasteiger partial charge in [-0.05, 0) is 47.3 Å². The van der Waals surface area contributed by atoms with Gasteiger partial charge in [0.1, 0.15) is 18.2 Å². The standard InChI is InChI=1S/C22H22FNO3S/c1-25-22-11-15(4-6-21(22)27-14-17-3-2-10-28-17)13-24-19-8-9-26-20-7-5-16(23)12-18(19)20/h2-7,10-12,19,24H,8-9,13-14H2,1H3. The Morgan fingerprint density at radius 2 is 2.11 bits per heavy atom. The number of fused-ring (bicyclic) bond motifs is 1. The lowest BCUT2D eigenvalue weighted by molar-refractivity contribution is 0.251. The predicted molar refractivity (Wildman–Crippen MR) is 108 cm³/mol. The number of methoxy groups -OCH3 is 1. The summed E-state index contributed by atoms with van der Waals surface area (Å²) in [5.74, 6) is 1.93. The third-order valence-electron chi connectivity index (χ3n) is 4.74. The third kappa shape index (κ3) is 4.29. The van der Waals surface area contributed by atoms with Crippen molar-refractivity contribution in [2.24, 2.45) is 0 Å². The van der Waals surface area contributed by atoms with E-state index in [0.717, 1.165) is 29.0 Å². The summed E-state index contributed by atoms with van der Waals surface area (Å²) in [7, 11) is 1.64. The van der Waals surface area contributed by atoms with Gasteiger partial charge in [-0.1, -0.05) is 12.1 Å². The third-order valence-corrected chi connectivity index (χ3v) is 5.59. The number of rotatable bonds is 7. The van der Waals surface area contributed by atoms with E-state index in [-0.39, 0.29) is 11.9 Å². The van der Waals surface area contributed by atoms with E-state index >= 15 is 0 Å². The van der Waals surface area contributed by atoms with Crippen LogP contribution in [-0.2, 0) is 13.2 Å². The number of hydrogen-bond donors (Lipinski definition) is 1. The highest BCUT2D eigenvalue weighted by Gasteiger charge is 2.21. The molecule has 0 fully saturated rings. The van der Waals surface area contributed by atoms with Crippen LogP contribution in [-0.4, -0.2) is 13.7 Å². The molecule has 0 saturated carbocycles. The molecule has 1 unspecified atom stereocenters. The highest BCUT2D eigenvalue weighted by molar-refractivity contribution is 7.09. The molecule has 4 nitrogen and oxygen atoms in total. The Labute approximate surface area is 167 Å². The molecule has 3 aromatic rings. The zero-order valence-corrected chi connectivity index (χ0v) is 16.4. The van der Waals surface area contributed by atoms with Gasteiger partial charge >= 0.3 is 0 Å². The number of halogens is 1. The van der Waals surface area contributed by atoms with Crippen LogP contribution in [0.3, 0.4) is 0 Å². The van der Waals surface area contributed by atoms with Gasteiger partial charge in [-0.25, -0.2) is 4.39 Å². The second-order valence-corrected chi connectivity index (χ2v) is 7.64. The van der Waals surface area contributed by atoms with Crippen molar-refractivity contribution in [3.8, 4) is 17.2 Å². The van der Waals surface area contributed by atoms with Crippen LogP contribution in [0.4, 0.5) is 4.39 Å². The SMILES string of the molecule is COc1cc(CNC2CCOc3ccc(F)cc32)ccc1OCc1cccs1. The van der Waals surface area contributed by atoms with Crippen LogP contribution in [0.25, 0.3) is 0 Å². The molecule has 2 aromatic carbocycles. The van der Waals surface area contributed by atoms with Crippen LogP contribution in [0.1, 0.15) is 28.5 Å². The maximum atomic E-state index is 13.6. The molecule has 0 amide bonds. The van der Waals surface area contributed by atoms with Crippen LogP contribution < -0.4 is 19.5 Å². The fraction of sp³-hybridized carbons (Fsp3) is 0.273. The van der Waals surface area contributed by atoms with E-state index in [1.54, 1.807) is 30.6 Å². The molecular weight excluding hydrogens is 377 g/mol. The number of hydrogen-bond acceptors (Lipinski definition) is 5. The lowest BCUT2D eigenvalue weighted by Crippen LogP contribution is -2.26. The van der Waals surface area contributed by atoms with Crippen molar-refractivity contribution >= 4 is 11.3 Å². The maximum absolute atomic E-state index is 13.6. The Morgan fingerprint density at radius 3 is 2.93 bits per heavy atom. The first-order valence-corrected chi connectivity index (χ1v) is 10.1. The molecule has 0 spiro atoms. The van der Waals surface area contributed by atoms with Gasteiger partial charge in [0.25, 0.3) is 0 Å². The largest absolute Gasteiger partial charge is 0.493 e. The molecule has 4 rings (SSSR count). The van der Waals surface area contributed by atoms with Crippen molar-refractivity contribution in [1.82, 2.24) is 5.32 Å². The average molecular weight is 399 g/mol. The van der Waals surface area contributed by atoms with Gasteiger partial charge in [-0.15, -0.1) is 11.3 Å². The van der Waals surface area contributed by atoms with E-state index in [4.69, 9.17) is 14.2 Å². The molecule has 2 heterocycles. The highest BCUT2D eigenvalue weighted by atomic mass is 32.1. The van der Waals surface area contributed by atoms with Gasteiger partial charge in [0.2, 0.25) is 0 Å². The van der Waals surface area contributed by atoms with E-state index in [1.165, 1.54) is 10.9 Å². The molecule has 0 radical (unpaired) electrons. The van der Waals surface area contributed by atoms with Gasteiger partial charge in [0.05, 0.1) is 13.7 Å². The minimum atomic E-state index is -0.245. The normalized spacial score (nSPS) is 15.6. The van der Waals surface area contributed by atoms with E-state index in [1.807, 2.05) is 35.7 Å². The molecule has 1 aliphatic heterocycles. The minimum absolute atomic E-state index is 0.0557. The second kappa shape index (κ2) is 8.63. The van der Waals surface area contributed by atoms with Gasteiger partial charge in [0, 0.05) is 29.4 Å². The molecule has 0 saturated heterocycles. The quantitative estimate of drug-likeness (QED) is 0.601. The molecule has 1 aliphatic rings. The zero-order valence-electron chi connectivity index (χ0n) is 15.6. The summed E-state index contributed by atoms with van der Waals surface area (Å²) in [5, 5.41) is 5.54. The Kier molecular flexibility index (Phi) is 5.78. The van der Waals surface area contributed by atoms with Gasteiger partial charge < -0.3 is 19.5 Å². The second-order valence-electron chi connectivity index (χ2n) is 6.61. The van der Waals surface area contributed by atoms with E-state index in [0.29, 0.717) is 25.5 Å². The average Bonchev–Trinajstić information content (AvgIpc) is 3.24. The number of ether oxygens (including phenoxy) is 3. The highest BCUT2D eigenvalue weighted by Crippen LogP contribution is 2.33. The Morgan fingerprint density at radius 1 is 1.18 bits per heavy atom. The Balaban J connectivity index is 1.42. The van der Waals surface area contributed by atoms with Gasteiger partial charge in [0.15, 0.2) is 11.5 Å². The predicted octanol–water partition coefficient (Wildman–Crippen LogP) is 5.09. The molecule has 1 N–H and O–H groups in total. The van der Waals surface area contributed by atoms with Crippen LogP contribution in [0.2, 0.25) is 0 Å². The molecule has 146 valence electrons. The topological polar surface area (TPSA) is 39.7 Å². The number of thiophene rings is 1. The first kappa shape index (κ1) is 18.8. The van der Waals surface area contributed by atoms with Crippen LogP contribution in [0.5, 0.6) is 17.2 Å². The van der Waals surface area contributed by atoms with Gasteiger partial charge in [-0.2, -0.15) is 0 Å². The first-order valence-electron chi connectivity index (χ1n) is 9.20. The van der Waals surface area contributed by atoms with Crippen molar-refractivity contribution < 1.29 is 18.6 Å². The number of benzene rings is 2.